The average Bonchev–Trinajstić information content (AvgIpc) is 2.89. The SMILES string of the molecule is C#CC1CC(=O)N(c2ccc(Oc3cccc(Br)c3)nc2)C1. The monoisotopic (exact) mass is 356 g/mol. The number of pyridine rings is 1. The molecular formula is C17H13BrN2O2. The zero-order valence-electron chi connectivity index (χ0n) is 11.7. The van der Waals surface area contributed by atoms with Crippen LogP contribution < -0.4 is 9.64 Å². The highest BCUT2D eigenvalue weighted by atomic mass is 79.9. The number of halogens is 1. The third-order valence-electron chi connectivity index (χ3n) is 3.41. The number of carbonyl (C=O) groups excluding carboxylic acids is 1. The van der Waals surface area contributed by atoms with Gasteiger partial charge in [0.05, 0.1) is 11.9 Å². The molecule has 110 valence electrons. The lowest BCUT2D eigenvalue weighted by Crippen LogP contribution is -2.24. The first-order valence-electron chi connectivity index (χ1n) is 6.81. The Hall–Kier alpha value is -2.32. The molecule has 4 nitrogen and oxygen atoms in total. The van der Waals surface area contributed by atoms with Gasteiger partial charge in [0.2, 0.25) is 11.8 Å². The van der Waals surface area contributed by atoms with Gasteiger partial charge in [0.25, 0.3) is 0 Å². The first-order valence-corrected chi connectivity index (χ1v) is 7.61. The van der Waals surface area contributed by atoms with E-state index in [2.05, 4.69) is 26.8 Å². The molecule has 1 amide bonds. The number of nitrogens with zero attached hydrogens (tertiary/aromatic N) is 2. The van der Waals surface area contributed by atoms with E-state index in [1.165, 1.54) is 0 Å². The van der Waals surface area contributed by atoms with Crippen LogP contribution in [0.25, 0.3) is 0 Å². The molecule has 1 aromatic heterocycles. The summed E-state index contributed by atoms with van der Waals surface area (Å²) < 4.78 is 6.60. The fourth-order valence-electron chi connectivity index (χ4n) is 2.31. The van der Waals surface area contributed by atoms with Crippen molar-refractivity contribution in [2.75, 3.05) is 11.4 Å². The molecule has 1 unspecified atom stereocenters. The first kappa shape index (κ1) is 14.6. The number of carbonyl (C=O) groups is 1. The number of aromatic nitrogens is 1. The van der Waals surface area contributed by atoms with Gasteiger partial charge in [0, 0.05) is 29.4 Å². The summed E-state index contributed by atoms with van der Waals surface area (Å²) in [6.07, 6.45) is 7.41. The van der Waals surface area contributed by atoms with Crippen molar-refractivity contribution in [2.45, 2.75) is 6.42 Å². The number of terminal acetylenes is 1. The molecule has 3 rings (SSSR count). The number of hydrogen-bond acceptors (Lipinski definition) is 3. The van der Waals surface area contributed by atoms with E-state index in [0.29, 0.717) is 24.6 Å². The van der Waals surface area contributed by atoms with Crippen LogP contribution in [0.2, 0.25) is 0 Å². The largest absolute Gasteiger partial charge is 0.439 e. The predicted octanol–water partition coefficient (Wildman–Crippen LogP) is 3.62. The van der Waals surface area contributed by atoms with Gasteiger partial charge in [-0.2, -0.15) is 0 Å². The summed E-state index contributed by atoms with van der Waals surface area (Å²) >= 11 is 3.39. The molecule has 0 spiro atoms. The van der Waals surface area contributed by atoms with E-state index in [-0.39, 0.29) is 11.8 Å². The zero-order valence-corrected chi connectivity index (χ0v) is 13.3. The van der Waals surface area contributed by atoms with Crippen molar-refractivity contribution < 1.29 is 9.53 Å². The van der Waals surface area contributed by atoms with Crippen LogP contribution in [-0.4, -0.2) is 17.4 Å². The number of benzene rings is 1. The summed E-state index contributed by atoms with van der Waals surface area (Å²) in [5.41, 5.74) is 0.740. The molecule has 0 saturated carbocycles. The van der Waals surface area contributed by atoms with Crippen molar-refractivity contribution in [1.29, 1.82) is 0 Å². The summed E-state index contributed by atoms with van der Waals surface area (Å²) in [6.45, 7) is 0.544. The first-order chi connectivity index (χ1) is 10.7. The van der Waals surface area contributed by atoms with E-state index < -0.39 is 0 Å². The maximum atomic E-state index is 11.9. The second-order valence-electron chi connectivity index (χ2n) is 4.99. The van der Waals surface area contributed by atoms with Crippen LogP contribution in [0.1, 0.15) is 6.42 Å². The zero-order chi connectivity index (χ0) is 15.5. The Labute approximate surface area is 137 Å². The van der Waals surface area contributed by atoms with Crippen LogP contribution in [-0.2, 0) is 4.79 Å². The highest BCUT2D eigenvalue weighted by Crippen LogP contribution is 2.27. The van der Waals surface area contributed by atoms with Gasteiger partial charge in [-0.1, -0.05) is 22.0 Å². The Kier molecular flexibility index (Phi) is 4.12. The molecule has 22 heavy (non-hydrogen) atoms. The van der Waals surface area contributed by atoms with Crippen LogP contribution in [0.4, 0.5) is 5.69 Å². The molecule has 1 saturated heterocycles. The molecule has 0 aliphatic carbocycles. The highest BCUT2D eigenvalue weighted by molar-refractivity contribution is 9.10. The highest BCUT2D eigenvalue weighted by Gasteiger charge is 2.29. The molecule has 1 fully saturated rings. The van der Waals surface area contributed by atoms with Crippen molar-refractivity contribution in [2.24, 2.45) is 5.92 Å². The molecule has 1 aliphatic heterocycles. The lowest BCUT2D eigenvalue weighted by molar-refractivity contribution is -0.117. The van der Waals surface area contributed by atoms with Crippen LogP contribution in [0.5, 0.6) is 11.6 Å². The van der Waals surface area contributed by atoms with Gasteiger partial charge in [-0.3, -0.25) is 4.79 Å². The van der Waals surface area contributed by atoms with E-state index in [4.69, 9.17) is 11.2 Å². The number of amides is 1. The van der Waals surface area contributed by atoms with Crippen molar-refractivity contribution in [3.8, 4) is 24.0 Å². The molecule has 2 aromatic rings. The topological polar surface area (TPSA) is 42.4 Å². The van der Waals surface area contributed by atoms with Crippen LogP contribution in [0, 0.1) is 18.3 Å². The molecule has 0 radical (unpaired) electrons. The Morgan fingerprint density at radius 1 is 1.36 bits per heavy atom. The molecule has 1 aliphatic rings. The van der Waals surface area contributed by atoms with Crippen molar-refractivity contribution in [3.05, 3.63) is 47.1 Å². The van der Waals surface area contributed by atoms with E-state index in [0.717, 1.165) is 10.2 Å². The molecule has 2 heterocycles. The summed E-state index contributed by atoms with van der Waals surface area (Å²) in [6, 6.07) is 11.1. The summed E-state index contributed by atoms with van der Waals surface area (Å²) in [4.78, 5) is 17.8. The predicted molar refractivity (Wildman–Crippen MR) is 87.7 cm³/mol. The Bertz CT molecular complexity index is 737. The average molecular weight is 357 g/mol. The van der Waals surface area contributed by atoms with Gasteiger partial charge < -0.3 is 9.64 Å². The maximum Gasteiger partial charge on any atom is 0.228 e. The third kappa shape index (κ3) is 3.12. The van der Waals surface area contributed by atoms with Crippen molar-refractivity contribution >= 4 is 27.5 Å². The van der Waals surface area contributed by atoms with Gasteiger partial charge in [0.15, 0.2) is 0 Å². The minimum absolute atomic E-state index is 0.0231. The number of hydrogen-bond donors (Lipinski definition) is 0. The van der Waals surface area contributed by atoms with Crippen LogP contribution in [0.15, 0.2) is 47.1 Å². The second kappa shape index (κ2) is 6.20. The summed E-state index contributed by atoms with van der Waals surface area (Å²) in [7, 11) is 0. The molecule has 0 N–H and O–H groups in total. The van der Waals surface area contributed by atoms with Crippen molar-refractivity contribution in [1.82, 2.24) is 4.98 Å². The Morgan fingerprint density at radius 2 is 2.23 bits per heavy atom. The maximum absolute atomic E-state index is 11.9. The fourth-order valence-corrected chi connectivity index (χ4v) is 2.69. The normalized spacial score (nSPS) is 17.4. The number of ether oxygens (including phenoxy) is 1. The van der Waals surface area contributed by atoms with Gasteiger partial charge in [-0.15, -0.1) is 12.3 Å². The van der Waals surface area contributed by atoms with Crippen molar-refractivity contribution in [3.63, 3.8) is 0 Å². The summed E-state index contributed by atoms with van der Waals surface area (Å²) in [5.74, 6) is 3.81. The molecule has 0 bridgehead atoms. The Balaban J connectivity index is 1.73. The van der Waals surface area contributed by atoms with Gasteiger partial charge in [0.1, 0.15) is 5.75 Å². The number of rotatable bonds is 3. The lowest BCUT2D eigenvalue weighted by Gasteiger charge is -2.15. The smallest absolute Gasteiger partial charge is 0.228 e. The van der Waals surface area contributed by atoms with Crippen LogP contribution >= 0.6 is 15.9 Å². The Morgan fingerprint density at radius 3 is 2.86 bits per heavy atom. The molecule has 1 atom stereocenters. The van der Waals surface area contributed by atoms with Crippen LogP contribution in [0.3, 0.4) is 0 Å². The molecule has 1 aromatic carbocycles. The van der Waals surface area contributed by atoms with E-state index in [1.807, 2.05) is 30.3 Å². The number of anilines is 1. The quantitative estimate of drug-likeness (QED) is 0.788. The third-order valence-corrected chi connectivity index (χ3v) is 3.90. The van der Waals surface area contributed by atoms with Gasteiger partial charge >= 0.3 is 0 Å². The molecule has 5 heteroatoms. The molecular weight excluding hydrogens is 344 g/mol. The van der Waals surface area contributed by atoms with Gasteiger partial charge in [-0.25, -0.2) is 4.98 Å². The lowest BCUT2D eigenvalue weighted by atomic mass is 10.1. The van der Waals surface area contributed by atoms with Gasteiger partial charge in [-0.05, 0) is 24.3 Å². The van der Waals surface area contributed by atoms with E-state index >= 15 is 0 Å². The standard InChI is InChI=1S/C17H13BrN2O2/c1-2-12-8-17(21)20(11-12)14-6-7-16(19-10-14)22-15-5-3-4-13(18)9-15/h1,3-7,9-10,12H,8,11H2. The van der Waals surface area contributed by atoms with E-state index in [9.17, 15) is 4.79 Å². The fraction of sp³-hybridized carbons (Fsp3) is 0.176. The minimum Gasteiger partial charge on any atom is -0.439 e. The summed E-state index contributed by atoms with van der Waals surface area (Å²) in [5, 5.41) is 0. The minimum atomic E-state index is -0.0231. The van der Waals surface area contributed by atoms with E-state index in [1.54, 1.807) is 17.2 Å². The second-order valence-corrected chi connectivity index (χ2v) is 5.90.